The minimum atomic E-state index is -1.47. The van der Waals surface area contributed by atoms with Crippen molar-refractivity contribution in [3.05, 3.63) is 30.3 Å². The molecule has 88 valence electrons. The van der Waals surface area contributed by atoms with Crippen molar-refractivity contribution in [3.8, 4) is 5.75 Å². The van der Waals surface area contributed by atoms with Crippen LogP contribution in [0.5, 0.6) is 5.75 Å². The van der Waals surface area contributed by atoms with Gasteiger partial charge in [-0.25, -0.2) is 0 Å². The molecule has 1 aromatic carbocycles. The monoisotopic (exact) mass is 248 g/mol. The van der Waals surface area contributed by atoms with Crippen LogP contribution in [0.2, 0.25) is 0 Å². The minimum absolute atomic E-state index is 0. The third-order valence-corrected chi connectivity index (χ3v) is 4.62. The van der Waals surface area contributed by atoms with Gasteiger partial charge in [0.15, 0.2) is 0 Å². The molecule has 0 aliphatic carbocycles. The summed E-state index contributed by atoms with van der Waals surface area (Å²) in [7, 11) is -1.47. The molecule has 0 N–H and O–H groups in total. The Balaban J connectivity index is 0.00000196. The standard InChI is InChI=1S/C12H21OP.ClH/c1-4-5-11-14(2,3)13-12-9-7-6-8-10-12;/h6-10,14H,4-5,11H2,1-3H3;1H. The maximum atomic E-state index is 6.04. The van der Waals surface area contributed by atoms with E-state index in [0.717, 1.165) is 5.75 Å². The maximum Gasteiger partial charge on any atom is -0.147 e. The molecule has 0 aromatic heterocycles. The van der Waals surface area contributed by atoms with Crippen LogP contribution < -0.4 is 4.52 Å². The average Bonchev–Trinajstić information content (AvgIpc) is 2.16. The third kappa shape index (κ3) is 6.02. The van der Waals surface area contributed by atoms with E-state index in [1.54, 1.807) is 0 Å². The molecule has 0 fully saturated rings. The van der Waals surface area contributed by atoms with Gasteiger partial charge < -0.3 is 0 Å². The number of rotatable bonds is 5. The van der Waals surface area contributed by atoms with Gasteiger partial charge in [-0.05, 0) is 0 Å². The first-order valence-electron chi connectivity index (χ1n) is 5.38. The molecule has 1 aromatic rings. The second-order valence-electron chi connectivity index (χ2n) is 4.28. The van der Waals surface area contributed by atoms with Crippen molar-refractivity contribution in [2.75, 3.05) is 19.5 Å². The Bertz CT molecular complexity index is 262. The molecular weight excluding hydrogens is 227 g/mol. The molecule has 0 bridgehead atoms. The molecule has 0 atom stereocenters. The molecule has 3 heteroatoms. The number of halogens is 1. The first-order valence-corrected chi connectivity index (χ1v) is 8.49. The number of benzene rings is 1. The van der Waals surface area contributed by atoms with Crippen molar-refractivity contribution in [2.45, 2.75) is 19.8 Å². The van der Waals surface area contributed by atoms with Crippen LogP contribution in [0, 0.1) is 0 Å². The molecule has 0 heterocycles. The summed E-state index contributed by atoms with van der Waals surface area (Å²) in [5, 5.41) is 0. The van der Waals surface area contributed by atoms with Crippen LogP contribution in [-0.2, 0) is 0 Å². The van der Waals surface area contributed by atoms with Gasteiger partial charge in [0.05, 0.1) is 0 Å². The average molecular weight is 249 g/mol. The zero-order valence-corrected chi connectivity index (χ0v) is 11.6. The van der Waals surface area contributed by atoms with Gasteiger partial charge in [-0.2, -0.15) is 0 Å². The van der Waals surface area contributed by atoms with Crippen molar-refractivity contribution in [1.29, 1.82) is 0 Å². The molecule has 0 aliphatic rings. The normalized spacial score (nSPS) is 11.7. The SMILES string of the molecule is CCCC[PH](C)(C)Oc1ccccc1.Cl. The van der Waals surface area contributed by atoms with Crippen LogP contribution in [-0.4, -0.2) is 19.5 Å². The van der Waals surface area contributed by atoms with E-state index in [2.05, 4.69) is 20.3 Å². The van der Waals surface area contributed by atoms with Crippen LogP contribution in [0.15, 0.2) is 30.3 Å². The molecular formula is C12H22ClOP. The molecule has 0 spiro atoms. The molecule has 0 saturated heterocycles. The molecule has 0 aliphatic heterocycles. The van der Waals surface area contributed by atoms with E-state index in [9.17, 15) is 0 Å². The molecule has 0 saturated carbocycles. The number of hydrogen-bond acceptors (Lipinski definition) is 1. The Morgan fingerprint density at radius 3 is 2.27 bits per heavy atom. The van der Waals surface area contributed by atoms with E-state index < -0.39 is 7.49 Å². The summed E-state index contributed by atoms with van der Waals surface area (Å²) in [4.78, 5) is 0. The molecule has 1 rings (SSSR count). The predicted octanol–water partition coefficient (Wildman–Crippen LogP) is 4.21. The second-order valence-corrected chi connectivity index (χ2v) is 8.50. The van der Waals surface area contributed by atoms with Crippen LogP contribution in [0.3, 0.4) is 0 Å². The first kappa shape index (κ1) is 14.7. The zero-order chi connectivity index (χ0) is 10.4. The number of unbranched alkanes of at least 4 members (excludes halogenated alkanes) is 1. The maximum absolute atomic E-state index is 6.04. The van der Waals surface area contributed by atoms with Crippen molar-refractivity contribution in [2.24, 2.45) is 0 Å². The van der Waals surface area contributed by atoms with Crippen LogP contribution in [0.4, 0.5) is 0 Å². The van der Waals surface area contributed by atoms with Crippen molar-refractivity contribution in [3.63, 3.8) is 0 Å². The fourth-order valence-corrected chi connectivity index (χ4v) is 3.54. The van der Waals surface area contributed by atoms with Crippen LogP contribution in [0.1, 0.15) is 19.8 Å². The Morgan fingerprint density at radius 1 is 1.13 bits per heavy atom. The van der Waals surface area contributed by atoms with Gasteiger partial charge in [-0.15, -0.1) is 12.4 Å². The molecule has 15 heavy (non-hydrogen) atoms. The summed E-state index contributed by atoms with van der Waals surface area (Å²) >= 11 is 0. The fourth-order valence-electron chi connectivity index (χ4n) is 1.46. The molecule has 0 unspecified atom stereocenters. The second kappa shape index (κ2) is 7.09. The summed E-state index contributed by atoms with van der Waals surface area (Å²) in [5.74, 6) is 1.03. The largest absolute Gasteiger partial charge is 0.147 e. The van der Waals surface area contributed by atoms with E-state index in [1.807, 2.05) is 30.3 Å². The molecule has 1 nitrogen and oxygen atoms in total. The van der Waals surface area contributed by atoms with E-state index in [1.165, 1.54) is 19.0 Å². The summed E-state index contributed by atoms with van der Waals surface area (Å²) in [6.07, 6.45) is 3.79. The van der Waals surface area contributed by atoms with E-state index >= 15 is 0 Å². The Labute approximate surface area is 100 Å². The fraction of sp³-hybridized carbons (Fsp3) is 0.500. The predicted molar refractivity (Wildman–Crippen MR) is 74.3 cm³/mol. The quantitative estimate of drug-likeness (QED) is 0.710. The topological polar surface area (TPSA) is 9.23 Å². The van der Waals surface area contributed by atoms with Crippen molar-refractivity contribution >= 4 is 19.9 Å². The van der Waals surface area contributed by atoms with Crippen LogP contribution >= 0.6 is 19.9 Å². The van der Waals surface area contributed by atoms with Gasteiger partial charge in [0.1, 0.15) is 0 Å². The Morgan fingerprint density at radius 2 is 1.73 bits per heavy atom. The number of para-hydroxylation sites is 1. The van der Waals surface area contributed by atoms with Gasteiger partial charge in [0.25, 0.3) is 0 Å². The first-order chi connectivity index (χ1) is 6.64. The summed E-state index contributed by atoms with van der Waals surface area (Å²) in [5.41, 5.74) is 0. The number of hydrogen-bond donors (Lipinski definition) is 0. The summed E-state index contributed by atoms with van der Waals surface area (Å²) in [6.45, 7) is 6.80. The van der Waals surface area contributed by atoms with E-state index in [-0.39, 0.29) is 12.4 Å². The Hall–Kier alpha value is -0.260. The third-order valence-electron chi connectivity index (χ3n) is 2.27. The van der Waals surface area contributed by atoms with Crippen molar-refractivity contribution in [1.82, 2.24) is 0 Å². The zero-order valence-electron chi connectivity index (χ0n) is 9.82. The molecule has 0 amide bonds. The Kier molecular flexibility index (Phi) is 6.96. The van der Waals surface area contributed by atoms with Gasteiger partial charge in [0, 0.05) is 0 Å². The van der Waals surface area contributed by atoms with Gasteiger partial charge in [-0.1, -0.05) is 0 Å². The van der Waals surface area contributed by atoms with Crippen molar-refractivity contribution < 1.29 is 4.52 Å². The van der Waals surface area contributed by atoms with Gasteiger partial charge in [0.2, 0.25) is 0 Å². The smallest absolute Gasteiger partial charge is 0.147 e. The van der Waals surface area contributed by atoms with Gasteiger partial charge in [-0.3, -0.25) is 0 Å². The summed E-state index contributed by atoms with van der Waals surface area (Å²) < 4.78 is 6.04. The van der Waals surface area contributed by atoms with Gasteiger partial charge >= 0.3 is 87.4 Å². The van der Waals surface area contributed by atoms with Crippen LogP contribution in [0.25, 0.3) is 0 Å². The minimum Gasteiger partial charge on any atom is -0.147 e. The summed E-state index contributed by atoms with van der Waals surface area (Å²) in [6, 6.07) is 10.2. The molecule has 0 radical (unpaired) electrons. The van der Waals surface area contributed by atoms with E-state index in [4.69, 9.17) is 4.52 Å². The van der Waals surface area contributed by atoms with E-state index in [0.29, 0.717) is 0 Å².